The summed E-state index contributed by atoms with van der Waals surface area (Å²) in [5.74, 6) is 0.687. The molecule has 3 nitrogen and oxygen atoms in total. The number of rotatable bonds is 5. The van der Waals surface area contributed by atoms with Crippen LogP contribution in [0.5, 0.6) is 0 Å². The number of furan rings is 1. The van der Waals surface area contributed by atoms with Crippen molar-refractivity contribution in [3.8, 4) is 56.2 Å². The number of aromatic nitrogens is 2. The van der Waals surface area contributed by atoms with Gasteiger partial charge in [-0.05, 0) is 34.9 Å². The summed E-state index contributed by atoms with van der Waals surface area (Å²) in [5, 5.41) is 2.19. The summed E-state index contributed by atoms with van der Waals surface area (Å²) in [5.41, 5.74) is 10.9. The molecule has 0 aliphatic rings. The van der Waals surface area contributed by atoms with Gasteiger partial charge in [-0.3, -0.25) is 0 Å². The molecule has 43 heavy (non-hydrogen) atoms. The van der Waals surface area contributed by atoms with Crippen molar-refractivity contribution in [3.63, 3.8) is 0 Å². The third-order valence-electron chi connectivity index (χ3n) is 7.93. The van der Waals surface area contributed by atoms with Crippen molar-refractivity contribution in [1.82, 2.24) is 9.97 Å². The zero-order chi connectivity index (χ0) is 28.6. The zero-order valence-electron chi connectivity index (χ0n) is 23.3. The van der Waals surface area contributed by atoms with E-state index in [0.717, 1.165) is 61.1 Å². The average molecular weight is 551 g/mol. The summed E-state index contributed by atoms with van der Waals surface area (Å²) in [4.78, 5) is 10.2. The first-order chi connectivity index (χ1) is 21.3. The highest BCUT2D eigenvalue weighted by molar-refractivity contribution is 6.12. The van der Waals surface area contributed by atoms with Crippen molar-refractivity contribution in [3.05, 3.63) is 158 Å². The Bertz CT molecular complexity index is 2140. The van der Waals surface area contributed by atoms with Gasteiger partial charge in [0.15, 0.2) is 5.82 Å². The van der Waals surface area contributed by atoms with E-state index in [2.05, 4.69) is 103 Å². The van der Waals surface area contributed by atoms with Gasteiger partial charge in [-0.1, -0.05) is 140 Å². The lowest BCUT2D eigenvalue weighted by atomic mass is 9.93. The summed E-state index contributed by atoms with van der Waals surface area (Å²) in [7, 11) is 0. The van der Waals surface area contributed by atoms with E-state index in [9.17, 15) is 0 Å². The van der Waals surface area contributed by atoms with E-state index >= 15 is 0 Å². The highest BCUT2D eigenvalue weighted by Crippen LogP contribution is 2.43. The van der Waals surface area contributed by atoms with Crippen molar-refractivity contribution in [2.75, 3.05) is 0 Å². The topological polar surface area (TPSA) is 38.9 Å². The van der Waals surface area contributed by atoms with Crippen LogP contribution >= 0.6 is 0 Å². The smallest absolute Gasteiger partial charge is 0.160 e. The SMILES string of the molecule is c1ccc(-c2ccc(-c3c(-c4cc(-c5ccccc5)nc(-c5ccccc5)n4)ccc4c3oc3ccccc34)cc2)cc1. The fourth-order valence-electron chi connectivity index (χ4n) is 5.81. The van der Waals surface area contributed by atoms with Gasteiger partial charge >= 0.3 is 0 Å². The third-order valence-corrected chi connectivity index (χ3v) is 7.93. The zero-order valence-corrected chi connectivity index (χ0v) is 23.3. The van der Waals surface area contributed by atoms with Crippen LogP contribution in [-0.4, -0.2) is 9.97 Å². The quantitative estimate of drug-likeness (QED) is 0.214. The van der Waals surface area contributed by atoms with Crippen molar-refractivity contribution < 1.29 is 4.42 Å². The molecule has 6 aromatic carbocycles. The number of benzene rings is 6. The van der Waals surface area contributed by atoms with Gasteiger partial charge in [0.1, 0.15) is 11.2 Å². The van der Waals surface area contributed by atoms with Gasteiger partial charge in [0.25, 0.3) is 0 Å². The molecule has 8 aromatic rings. The van der Waals surface area contributed by atoms with E-state index in [1.165, 1.54) is 11.1 Å². The van der Waals surface area contributed by atoms with E-state index in [-0.39, 0.29) is 0 Å². The molecule has 3 heteroatoms. The Morgan fingerprint density at radius 1 is 0.395 bits per heavy atom. The highest BCUT2D eigenvalue weighted by Gasteiger charge is 2.20. The summed E-state index contributed by atoms with van der Waals surface area (Å²) < 4.78 is 6.60. The minimum absolute atomic E-state index is 0.687. The largest absolute Gasteiger partial charge is 0.455 e. The number of para-hydroxylation sites is 1. The maximum Gasteiger partial charge on any atom is 0.160 e. The van der Waals surface area contributed by atoms with Crippen LogP contribution in [0.2, 0.25) is 0 Å². The molecule has 202 valence electrons. The van der Waals surface area contributed by atoms with Crippen LogP contribution in [0.4, 0.5) is 0 Å². The van der Waals surface area contributed by atoms with Crippen LogP contribution in [0, 0.1) is 0 Å². The monoisotopic (exact) mass is 550 g/mol. The normalized spacial score (nSPS) is 11.3. The van der Waals surface area contributed by atoms with E-state index < -0.39 is 0 Å². The Hall–Kier alpha value is -5.80. The maximum atomic E-state index is 6.60. The molecule has 2 heterocycles. The molecular formula is C40H26N2O. The van der Waals surface area contributed by atoms with Crippen LogP contribution < -0.4 is 0 Å². The van der Waals surface area contributed by atoms with E-state index in [0.29, 0.717) is 5.82 Å². The van der Waals surface area contributed by atoms with Crippen molar-refractivity contribution >= 4 is 21.9 Å². The van der Waals surface area contributed by atoms with Crippen LogP contribution in [0.25, 0.3) is 78.1 Å². The lowest BCUT2D eigenvalue weighted by molar-refractivity contribution is 0.670. The van der Waals surface area contributed by atoms with Crippen molar-refractivity contribution in [2.45, 2.75) is 0 Å². The van der Waals surface area contributed by atoms with Crippen LogP contribution in [0.15, 0.2) is 162 Å². The molecule has 2 aromatic heterocycles. The molecule has 0 N–H and O–H groups in total. The molecule has 0 spiro atoms. The molecule has 0 saturated carbocycles. The van der Waals surface area contributed by atoms with Crippen molar-refractivity contribution in [2.24, 2.45) is 0 Å². The Morgan fingerprint density at radius 2 is 0.953 bits per heavy atom. The molecule has 0 unspecified atom stereocenters. The van der Waals surface area contributed by atoms with Gasteiger partial charge < -0.3 is 4.42 Å². The summed E-state index contributed by atoms with van der Waals surface area (Å²) in [6.07, 6.45) is 0. The molecule has 0 saturated heterocycles. The molecular weight excluding hydrogens is 524 g/mol. The first kappa shape index (κ1) is 25.0. The van der Waals surface area contributed by atoms with Crippen LogP contribution in [0.3, 0.4) is 0 Å². The summed E-state index contributed by atoms with van der Waals surface area (Å²) in [6, 6.07) is 54.3. The first-order valence-corrected chi connectivity index (χ1v) is 14.4. The lowest BCUT2D eigenvalue weighted by Crippen LogP contribution is -1.97. The Morgan fingerprint density at radius 3 is 1.67 bits per heavy atom. The molecule has 8 rings (SSSR count). The third kappa shape index (κ3) is 4.58. The molecule has 0 aliphatic carbocycles. The highest BCUT2D eigenvalue weighted by atomic mass is 16.3. The summed E-state index contributed by atoms with van der Waals surface area (Å²) >= 11 is 0. The van der Waals surface area contributed by atoms with E-state index in [1.54, 1.807) is 0 Å². The fraction of sp³-hybridized carbons (Fsp3) is 0. The van der Waals surface area contributed by atoms with Crippen molar-refractivity contribution in [1.29, 1.82) is 0 Å². The van der Waals surface area contributed by atoms with Gasteiger partial charge in [0, 0.05) is 33.0 Å². The minimum Gasteiger partial charge on any atom is -0.455 e. The summed E-state index contributed by atoms with van der Waals surface area (Å²) in [6.45, 7) is 0. The average Bonchev–Trinajstić information content (AvgIpc) is 3.48. The molecule has 0 bridgehead atoms. The molecule has 0 amide bonds. The van der Waals surface area contributed by atoms with Crippen LogP contribution in [0.1, 0.15) is 0 Å². The second-order valence-corrected chi connectivity index (χ2v) is 10.6. The van der Waals surface area contributed by atoms with Gasteiger partial charge in [-0.15, -0.1) is 0 Å². The first-order valence-electron chi connectivity index (χ1n) is 14.4. The number of hydrogen-bond acceptors (Lipinski definition) is 3. The molecule has 0 aliphatic heterocycles. The standard InChI is InChI=1S/C40H26N2O/c1-4-12-27(13-5-1)28-20-22-30(23-21-28)38-34(25-24-33-32-18-10-11-19-37(32)43-39(33)38)36-26-35(29-14-6-2-7-15-29)41-40(42-36)31-16-8-3-9-17-31/h1-26H. The predicted molar refractivity (Wildman–Crippen MR) is 176 cm³/mol. The minimum atomic E-state index is 0.687. The van der Waals surface area contributed by atoms with Gasteiger partial charge in [-0.2, -0.15) is 0 Å². The number of nitrogens with zero attached hydrogens (tertiary/aromatic N) is 2. The Balaban J connectivity index is 1.39. The molecule has 0 atom stereocenters. The van der Waals surface area contributed by atoms with E-state index in [4.69, 9.17) is 14.4 Å². The molecule has 0 radical (unpaired) electrons. The maximum absolute atomic E-state index is 6.60. The second-order valence-electron chi connectivity index (χ2n) is 10.6. The van der Waals surface area contributed by atoms with Gasteiger partial charge in [-0.25, -0.2) is 9.97 Å². The van der Waals surface area contributed by atoms with E-state index in [1.807, 2.05) is 54.6 Å². The fourth-order valence-corrected chi connectivity index (χ4v) is 5.81. The Kier molecular flexibility index (Phi) is 6.12. The van der Waals surface area contributed by atoms with Gasteiger partial charge in [0.05, 0.1) is 11.4 Å². The second kappa shape index (κ2) is 10.6. The number of hydrogen-bond donors (Lipinski definition) is 0. The lowest BCUT2D eigenvalue weighted by Gasteiger charge is -2.14. The predicted octanol–water partition coefficient (Wildman–Crippen LogP) is 10.7. The van der Waals surface area contributed by atoms with Gasteiger partial charge in [0.2, 0.25) is 0 Å². The number of fused-ring (bicyclic) bond motifs is 3. The molecule has 0 fully saturated rings. The van der Waals surface area contributed by atoms with Crippen LogP contribution in [-0.2, 0) is 0 Å². The Labute approximate surface area is 249 Å².